The molecule has 0 aromatic rings. The van der Waals surface area contributed by atoms with E-state index in [1.807, 2.05) is 0 Å². The second-order valence-corrected chi connectivity index (χ2v) is 5.30. The molecule has 0 spiro atoms. The van der Waals surface area contributed by atoms with Gasteiger partial charge >= 0.3 is 0 Å². The Labute approximate surface area is 71.2 Å². The Morgan fingerprint density at radius 1 is 1.50 bits per heavy atom. The number of hydrogen-bond acceptors (Lipinski definition) is 3. The molecular formula is C6H13N2O3S+. The summed E-state index contributed by atoms with van der Waals surface area (Å²) in [4.78, 5) is 10.6. The molecule has 0 aromatic heterocycles. The summed E-state index contributed by atoms with van der Waals surface area (Å²) < 4.78 is 22.1. The molecule has 1 saturated heterocycles. The zero-order chi connectivity index (χ0) is 9.35. The topological polar surface area (TPSA) is 90.9 Å². The molecule has 6 heteroatoms. The van der Waals surface area contributed by atoms with Gasteiger partial charge in [-0.25, -0.2) is 8.42 Å². The van der Waals surface area contributed by atoms with Gasteiger partial charge in [0, 0.05) is 6.92 Å². The van der Waals surface area contributed by atoms with E-state index in [1.165, 1.54) is 6.92 Å². The van der Waals surface area contributed by atoms with Crippen LogP contribution in [0.4, 0.5) is 0 Å². The van der Waals surface area contributed by atoms with Gasteiger partial charge in [0.2, 0.25) is 5.91 Å². The highest BCUT2D eigenvalue weighted by Crippen LogP contribution is 2.08. The maximum Gasteiger partial charge on any atom is 0.217 e. The fraction of sp³-hybridized carbons (Fsp3) is 0.833. The molecule has 1 aliphatic rings. The zero-order valence-corrected chi connectivity index (χ0v) is 7.73. The Kier molecular flexibility index (Phi) is 2.39. The first-order valence-corrected chi connectivity index (χ1v) is 5.53. The van der Waals surface area contributed by atoms with Crippen LogP contribution in [0.15, 0.2) is 0 Å². The van der Waals surface area contributed by atoms with Crippen molar-refractivity contribution < 1.29 is 18.9 Å². The zero-order valence-electron chi connectivity index (χ0n) is 6.91. The molecule has 1 amide bonds. The van der Waals surface area contributed by atoms with Gasteiger partial charge in [-0.1, -0.05) is 0 Å². The molecule has 1 aliphatic heterocycles. The quantitative estimate of drug-likeness (QED) is 0.483. The van der Waals surface area contributed by atoms with Gasteiger partial charge in [-0.15, -0.1) is 0 Å². The first kappa shape index (κ1) is 9.47. The third-order valence-electron chi connectivity index (χ3n) is 1.86. The number of carbonyl (C=O) groups is 1. The molecule has 2 atom stereocenters. The van der Waals surface area contributed by atoms with Crippen LogP contribution in [0.5, 0.6) is 0 Å². The molecule has 1 heterocycles. The normalized spacial score (nSPS) is 33.2. The average molecular weight is 193 g/mol. The number of quaternary nitrogens is 1. The first-order valence-electron chi connectivity index (χ1n) is 3.71. The van der Waals surface area contributed by atoms with E-state index in [2.05, 4.69) is 11.1 Å². The van der Waals surface area contributed by atoms with Gasteiger partial charge in [0.15, 0.2) is 9.84 Å². The molecule has 1 rings (SSSR count). The van der Waals surface area contributed by atoms with Crippen LogP contribution in [0.1, 0.15) is 6.92 Å². The van der Waals surface area contributed by atoms with E-state index in [0.717, 1.165) is 0 Å². The second kappa shape index (κ2) is 3.02. The van der Waals surface area contributed by atoms with Gasteiger partial charge < -0.3 is 11.1 Å². The fourth-order valence-electron chi connectivity index (χ4n) is 1.34. The summed E-state index contributed by atoms with van der Waals surface area (Å²) >= 11 is 0. The summed E-state index contributed by atoms with van der Waals surface area (Å²) in [5, 5.41) is 2.57. The average Bonchev–Trinajstić information content (AvgIpc) is 2.03. The lowest BCUT2D eigenvalue weighted by atomic mass is 10.2. The van der Waals surface area contributed by atoms with Gasteiger partial charge in [-0.2, -0.15) is 0 Å². The van der Waals surface area contributed by atoms with Crippen LogP contribution in [0.2, 0.25) is 0 Å². The Morgan fingerprint density at radius 2 is 2.08 bits per heavy atom. The lowest BCUT2D eigenvalue weighted by Gasteiger charge is -2.10. The molecule has 0 aliphatic carbocycles. The smallest absolute Gasteiger partial charge is 0.217 e. The van der Waals surface area contributed by atoms with E-state index in [-0.39, 0.29) is 29.5 Å². The lowest BCUT2D eigenvalue weighted by molar-refractivity contribution is -0.415. The summed E-state index contributed by atoms with van der Waals surface area (Å²) in [5.74, 6) is -0.0932. The minimum Gasteiger partial charge on any atom is -0.353 e. The van der Waals surface area contributed by atoms with Crippen LogP contribution in [0.3, 0.4) is 0 Å². The number of amides is 1. The van der Waals surface area contributed by atoms with E-state index in [1.54, 1.807) is 0 Å². The molecule has 2 unspecified atom stereocenters. The summed E-state index contributed by atoms with van der Waals surface area (Å²) in [6.45, 7) is 1.37. The van der Waals surface area contributed by atoms with Crippen molar-refractivity contribution in [3.63, 3.8) is 0 Å². The minimum atomic E-state index is -2.97. The molecule has 12 heavy (non-hydrogen) atoms. The molecule has 0 bridgehead atoms. The number of sulfone groups is 1. The maximum atomic E-state index is 11.0. The van der Waals surface area contributed by atoms with Crippen LogP contribution < -0.4 is 11.1 Å². The van der Waals surface area contributed by atoms with Crippen molar-refractivity contribution in [3.05, 3.63) is 0 Å². The maximum absolute atomic E-state index is 11.0. The van der Waals surface area contributed by atoms with Gasteiger partial charge in [-0.05, 0) is 0 Å². The Morgan fingerprint density at radius 3 is 2.42 bits per heavy atom. The van der Waals surface area contributed by atoms with Crippen LogP contribution >= 0.6 is 0 Å². The standard InChI is InChI=1S/C6H12N2O3S/c1-4(9)8-6-3-12(10,11)2-5(6)7/h5-6H,2-3,7H2,1H3,(H,8,9)/p+1. The van der Waals surface area contributed by atoms with Crippen molar-refractivity contribution in [2.45, 2.75) is 19.0 Å². The SMILES string of the molecule is CC(=O)NC1CS(=O)(=O)CC1[NH3+]. The second-order valence-electron chi connectivity index (χ2n) is 3.14. The van der Waals surface area contributed by atoms with Gasteiger partial charge in [0.25, 0.3) is 0 Å². The van der Waals surface area contributed by atoms with Crippen LogP contribution in [-0.4, -0.2) is 37.9 Å². The summed E-state index contributed by atoms with van der Waals surface area (Å²) in [5.41, 5.74) is 3.67. The van der Waals surface area contributed by atoms with E-state index >= 15 is 0 Å². The van der Waals surface area contributed by atoms with Crippen molar-refractivity contribution in [1.82, 2.24) is 5.32 Å². The van der Waals surface area contributed by atoms with Crippen molar-refractivity contribution in [2.24, 2.45) is 0 Å². The van der Waals surface area contributed by atoms with Crippen LogP contribution in [-0.2, 0) is 14.6 Å². The lowest BCUT2D eigenvalue weighted by Crippen LogP contribution is -2.69. The molecule has 0 aromatic carbocycles. The van der Waals surface area contributed by atoms with Crippen molar-refractivity contribution >= 4 is 15.7 Å². The molecule has 1 fully saturated rings. The third-order valence-corrected chi connectivity index (χ3v) is 3.66. The summed E-state index contributed by atoms with van der Waals surface area (Å²) in [6, 6.07) is -0.508. The predicted octanol–water partition coefficient (Wildman–Crippen LogP) is -2.47. The highest BCUT2D eigenvalue weighted by Gasteiger charge is 2.38. The Bertz CT molecular complexity index is 285. The third kappa shape index (κ3) is 2.18. The Balaban J connectivity index is 2.64. The highest BCUT2D eigenvalue weighted by molar-refractivity contribution is 7.91. The molecule has 5 nitrogen and oxygen atoms in total. The molecular weight excluding hydrogens is 180 g/mol. The van der Waals surface area contributed by atoms with Gasteiger partial charge in [0.05, 0.1) is 11.8 Å². The monoisotopic (exact) mass is 193 g/mol. The van der Waals surface area contributed by atoms with E-state index in [4.69, 9.17) is 0 Å². The highest BCUT2D eigenvalue weighted by atomic mass is 32.2. The van der Waals surface area contributed by atoms with E-state index in [0.29, 0.717) is 0 Å². The predicted molar refractivity (Wildman–Crippen MR) is 42.9 cm³/mol. The van der Waals surface area contributed by atoms with E-state index in [9.17, 15) is 13.2 Å². The van der Waals surface area contributed by atoms with Gasteiger partial charge in [0.1, 0.15) is 11.8 Å². The molecule has 4 N–H and O–H groups in total. The first-order chi connectivity index (χ1) is 5.41. The molecule has 0 radical (unpaired) electrons. The molecule has 70 valence electrons. The molecule has 0 saturated carbocycles. The number of rotatable bonds is 1. The van der Waals surface area contributed by atoms with Crippen molar-refractivity contribution in [3.8, 4) is 0 Å². The summed E-state index contributed by atoms with van der Waals surface area (Å²) in [6.07, 6.45) is 0. The summed E-state index contributed by atoms with van der Waals surface area (Å²) in [7, 11) is -2.97. The van der Waals surface area contributed by atoms with Crippen LogP contribution in [0.25, 0.3) is 0 Å². The fourth-order valence-corrected chi connectivity index (χ4v) is 3.26. The number of carbonyl (C=O) groups excluding carboxylic acids is 1. The van der Waals surface area contributed by atoms with Crippen molar-refractivity contribution in [1.29, 1.82) is 0 Å². The van der Waals surface area contributed by atoms with E-state index < -0.39 is 9.84 Å². The number of nitrogens with one attached hydrogen (secondary N) is 1. The Hall–Kier alpha value is -0.620. The van der Waals surface area contributed by atoms with Crippen LogP contribution in [0, 0.1) is 0 Å². The largest absolute Gasteiger partial charge is 0.353 e. The van der Waals surface area contributed by atoms with Gasteiger partial charge in [-0.3, -0.25) is 4.79 Å². The number of hydrogen-bond donors (Lipinski definition) is 2. The minimum absolute atomic E-state index is 0.0285. The van der Waals surface area contributed by atoms with Crippen molar-refractivity contribution in [2.75, 3.05) is 11.5 Å².